The zero-order valence-electron chi connectivity index (χ0n) is 11.9. The third kappa shape index (κ3) is 5.61. The third-order valence-electron chi connectivity index (χ3n) is 3.23. The van der Waals surface area contributed by atoms with E-state index in [9.17, 15) is 21.6 Å². The molecule has 1 atom stereocenters. The average molecular weight is 379 g/mol. The topological polar surface area (TPSA) is 109 Å². The minimum Gasteiger partial charge on any atom is -0.277 e. The van der Waals surface area contributed by atoms with E-state index in [4.69, 9.17) is 11.6 Å². The van der Waals surface area contributed by atoms with E-state index in [1.165, 1.54) is 6.08 Å². The Hall–Kier alpha value is -1.42. The van der Waals surface area contributed by atoms with Gasteiger partial charge in [-0.3, -0.25) is 10.2 Å². The third-order valence-corrected chi connectivity index (χ3v) is 6.13. The highest BCUT2D eigenvalue weighted by Gasteiger charge is 2.33. The molecule has 1 heterocycles. The summed E-state index contributed by atoms with van der Waals surface area (Å²) in [4.78, 5) is 13.7. The highest BCUT2D eigenvalue weighted by atomic mass is 35.5. The Labute approximate surface area is 139 Å². The van der Waals surface area contributed by atoms with E-state index < -0.39 is 31.7 Å². The van der Waals surface area contributed by atoms with Crippen LogP contribution in [0.1, 0.15) is 12.0 Å². The van der Waals surface area contributed by atoms with E-state index in [2.05, 4.69) is 0 Å². The van der Waals surface area contributed by atoms with Gasteiger partial charge in [0.05, 0.1) is 17.4 Å². The van der Waals surface area contributed by atoms with Gasteiger partial charge in [0.25, 0.3) is 10.0 Å². The smallest absolute Gasteiger partial charge is 0.250 e. The fourth-order valence-corrected chi connectivity index (χ4v) is 4.52. The minimum atomic E-state index is -3.89. The molecule has 1 aromatic rings. The van der Waals surface area contributed by atoms with Crippen molar-refractivity contribution in [3.05, 3.63) is 40.3 Å². The molecule has 1 fully saturated rings. The van der Waals surface area contributed by atoms with E-state index in [0.29, 0.717) is 10.6 Å². The van der Waals surface area contributed by atoms with Gasteiger partial charge in [-0.05, 0) is 30.2 Å². The Morgan fingerprint density at radius 2 is 1.91 bits per heavy atom. The number of rotatable bonds is 5. The van der Waals surface area contributed by atoms with Crippen LogP contribution in [0.5, 0.6) is 0 Å². The standard InChI is InChI=1S/C13H15ClN2O5S2/c14-12-3-1-10(2-4-12)5-8-23(20,21)16-15-13(17)11-6-7-22(18,19)9-11/h1-5,8,11,16H,6-7,9H2,(H,15,17)/b8-5+/t11-/m1/s1. The summed E-state index contributed by atoms with van der Waals surface area (Å²) in [6, 6.07) is 6.50. The zero-order valence-corrected chi connectivity index (χ0v) is 14.3. The second kappa shape index (κ2) is 7.00. The second-order valence-electron chi connectivity index (χ2n) is 5.09. The van der Waals surface area contributed by atoms with Gasteiger partial charge in [0, 0.05) is 10.4 Å². The van der Waals surface area contributed by atoms with Gasteiger partial charge in [0.2, 0.25) is 5.91 Å². The molecule has 1 saturated heterocycles. The number of sulfonamides is 1. The first kappa shape index (κ1) is 17.9. The van der Waals surface area contributed by atoms with Crippen LogP contribution in [-0.2, 0) is 24.7 Å². The van der Waals surface area contributed by atoms with E-state index in [1.54, 1.807) is 24.3 Å². The van der Waals surface area contributed by atoms with Crippen LogP contribution in [0.25, 0.3) is 6.08 Å². The number of nitrogens with one attached hydrogen (secondary N) is 2. The SMILES string of the molecule is O=C(NNS(=O)(=O)/C=C/c1ccc(Cl)cc1)[C@@H]1CCS(=O)(=O)C1. The maximum atomic E-state index is 11.8. The fraction of sp³-hybridized carbons (Fsp3) is 0.308. The maximum absolute atomic E-state index is 11.8. The van der Waals surface area contributed by atoms with Crippen molar-refractivity contribution in [2.75, 3.05) is 11.5 Å². The Morgan fingerprint density at radius 3 is 2.48 bits per heavy atom. The van der Waals surface area contributed by atoms with Gasteiger partial charge in [0.1, 0.15) is 0 Å². The fourth-order valence-electron chi connectivity index (χ4n) is 2.00. The van der Waals surface area contributed by atoms with Crippen LogP contribution in [0.15, 0.2) is 29.7 Å². The predicted octanol–water partition coefficient (Wildman–Crippen LogP) is 0.696. The summed E-state index contributed by atoms with van der Waals surface area (Å²) in [6.07, 6.45) is 1.53. The summed E-state index contributed by atoms with van der Waals surface area (Å²) in [5.74, 6) is -1.72. The first-order chi connectivity index (χ1) is 10.7. The number of carbonyl (C=O) groups excluding carboxylic acids is 1. The Morgan fingerprint density at radius 1 is 1.26 bits per heavy atom. The molecule has 0 spiro atoms. The number of hydrogen-bond donors (Lipinski definition) is 2. The Bertz CT molecular complexity index is 816. The molecule has 0 unspecified atom stereocenters. The van der Waals surface area contributed by atoms with E-state index in [0.717, 1.165) is 5.41 Å². The first-order valence-electron chi connectivity index (χ1n) is 6.63. The van der Waals surface area contributed by atoms with Gasteiger partial charge in [-0.25, -0.2) is 16.8 Å². The van der Waals surface area contributed by atoms with Crippen molar-refractivity contribution < 1.29 is 21.6 Å². The lowest BCUT2D eigenvalue weighted by molar-refractivity contribution is -0.124. The molecule has 1 aromatic carbocycles. The lowest BCUT2D eigenvalue weighted by Crippen LogP contribution is -2.44. The summed E-state index contributed by atoms with van der Waals surface area (Å²) < 4.78 is 46.1. The maximum Gasteiger partial charge on any atom is 0.250 e. The van der Waals surface area contributed by atoms with Crippen molar-refractivity contribution in [1.82, 2.24) is 10.3 Å². The molecule has 2 rings (SSSR count). The zero-order chi connectivity index (χ0) is 17.1. The van der Waals surface area contributed by atoms with E-state index in [1.807, 2.05) is 10.3 Å². The van der Waals surface area contributed by atoms with Crippen LogP contribution in [0, 0.1) is 5.92 Å². The number of hydrazine groups is 1. The van der Waals surface area contributed by atoms with Crippen LogP contribution in [0.3, 0.4) is 0 Å². The average Bonchev–Trinajstić information content (AvgIpc) is 2.85. The molecule has 0 aromatic heterocycles. The van der Waals surface area contributed by atoms with Gasteiger partial charge in [0.15, 0.2) is 9.84 Å². The van der Waals surface area contributed by atoms with Crippen LogP contribution >= 0.6 is 11.6 Å². The lowest BCUT2D eigenvalue weighted by Gasteiger charge is -2.09. The molecule has 1 amide bonds. The van der Waals surface area contributed by atoms with Gasteiger partial charge >= 0.3 is 0 Å². The van der Waals surface area contributed by atoms with Gasteiger partial charge in [-0.1, -0.05) is 23.7 Å². The quantitative estimate of drug-likeness (QED) is 0.733. The van der Waals surface area contributed by atoms with Crippen LogP contribution in [0.2, 0.25) is 5.02 Å². The van der Waals surface area contributed by atoms with E-state index in [-0.39, 0.29) is 17.9 Å². The summed E-state index contributed by atoms with van der Waals surface area (Å²) in [7, 11) is -7.10. The Kier molecular flexibility index (Phi) is 5.45. The summed E-state index contributed by atoms with van der Waals surface area (Å²) >= 11 is 5.72. The van der Waals surface area contributed by atoms with Crippen molar-refractivity contribution in [3.8, 4) is 0 Å². The minimum absolute atomic E-state index is 0.0612. The van der Waals surface area contributed by atoms with Crippen LogP contribution < -0.4 is 10.3 Å². The predicted molar refractivity (Wildman–Crippen MR) is 87.4 cm³/mol. The van der Waals surface area contributed by atoms with Crippen molar-refractivity contribution >= 4 is 43.4 Å². The summed E-state index contributed by atoms with van der Waals surface area (Å²) in [5, 5.41) is 1.42. The molecular weight excluding hydrogens is 364 g/mol. The highest BCUT2D eigenvalue weighted by Crippen LogP contribution is 2.18. The molecule has 2 N–H and O–H groups in total. The lowest BCUT2D eigenvalue weighted by atomic mass is 10.1. The molecule has 126 valence electrons. The van der Waals surface area contributed by atoms with Crippen molar-refractivity contribution in [3.63, 3.8) is 0 Å². The number of benzene rings is 1. The number of amides is 1. The normalized spacial score (nSPS) is 20.7. The first-order valence-corrected chi connectivity index (χ1v) is 10.4. The van der Waals surface area contributed by atoms with Crippen molar-refractivity contribution in [2.45, 2.75) is 6.42 Å². The molecule has 1 aliphatic rings. The van der Waals surface area contributed by atoms with Gasteiger partial charge in [-0.2, -0.15) is 0 Å². The molecule has 0 saturated carbocycles. The largest absolute Gasteiger partial charge is 0.277 e. The van der Waals surface area contributed by atoms with Crippen molar-refractivity contribution in [1.29, 1.82) is 0 Å². The van der Waals surface area contributed by atoms with Gasteiger partial charge < -0.3 is 0 Å². The molecule has 10 heteroatoms. The number of hydrogen-bond acceptors (Lipinski definition) is 5. The highest BCUT2D eigenvalue weighted by molar-refractivity contribution is 7.92. The van der Waals surface area contributed by atoms with Crippen LogP contribution in [0.4, 0.5) is 0 Å². The summed E-state index contributed by atoms with van der Waals surface area (Å²) in [5.41, 5.74) is 2.65. The molecule has 1 aliphatic heterocycles. The molecule has 0 radical (unpaired) electrons. The second-order valence-corrected chi connectivity index (χ2v) is 9.32. The van der Waals surface area contributed by atoms with E-state index >= 15 is 0 Å². The van der Waals surface area contributed by atoms with Crippen molar-refractivity contribution in [2.24, 2.45) is 5.92 Å². The monoisotopic (exact) mass is 378 g/mol. The molecule has 0 bridgehead atoms. The Balaban J connectivity index is 1.91. The summed E-state index contributed by atoms with van der Waals surface area (Å²) in [6.45, 7) is 0. The molecule has 0 aliphatic carbocycles. The van der Waals surface area contributed by atoms with Gasteiger partial charge in [-0.15, -0.1) is 4.83 Å². The molecule has 7 nitrogen and oxygen atoms in total. The number of carbonyl (C=O) groups is 1. The van der Waals surface area contributed by atoms with Crippen LogP contribution in [-0.4, -0.2) is 34.2 Å². The number of halogens is 1. The molecule has 23 heavy (non-hydrogen) atoms. The number of sulfone groups is 1. The molecular formula is C13H15ClN2O5S2.